The number of ether oxygens (including phenoxy) is 1. The van der Waals surface area contributed by atoms with Gasteiger partial charge in [0.2, 0.25) is 4.77 Å². The molecule has 0 unspecified atom stereocenters. The Bertz CT molecular complexity index is 728. The van der Waals surface area contributed by atoms with Crippen molar-refractivity contribution in [1.29, 1.82) is 5.26 Å². The lowest BCUT2D eigenvalue weighted by molar-refractivity contribution is -0.138. The fraction of sp³-hybridized carbons (Fsp3) is 0.667. The van der Waals surface area contributed by atoms with Crippen LogP contribution in [0.25, 0.3) is 0 Å². The van der Waals surface area contributed by atoms with Gasteiger partial charge in [0.25, 0.3) is 0 Å². The molecule has 1 fully saturated rings. The highest BCUT2D eigenvalue weighted by atomic mass is 32.2. The molecule has 0 aliphatic heterocycles. The molecule has 1 aromatic rings. The molecule has 0 saturated heterocycles. The summed E-state index contributed by atoms with van der Waals surface area (Å²) in [4.78, 5) is 11.9. The first-order chi connectivity index (χ1) is 12.1. The maximum atomic E-state index is 11.9. The van der Waals surface area contributed by atoms with Gasteiger partial charge in [-0.25, -0.2) is 14.2 Å². The molecule has 10 heteroatoms. The number of tetrazole rings is 1. The molecule has 136 valence electrons. The fourth-order valence-corrected chi connectivity index (χ4v) is 4.67. The van der Waals surface area contributed by atoms with Gasteiger partial charge in [-0.3, -0.25) is 0 Å². The molecule has 1 heterocycles. The van der Waals surface area contributed by atoms with Gasteiger partial charge in [-0.2, -0.15) is 5.26 Å². The Labute approximate surface area is 160 Å². The van der Waals surface area contributed by atoms with E-state index in [1.807, 2.05) is 17.0 Å². The average Bonchev–Trinajstić information content (AvgIpc) is 3.00. The minimum absolute atomic E-state index is 0.0190. The summed E-state index contributed by atoms with van der Waals surface area (Å²) in [5.74, 6) is -0.205. The molecular formula is C15H21N5O2S3. The third-order valence-electron chi connectivity index (χ3n) is 3.88. The van der Waals surface area contributed by atoms with E-state index in [0.717, 1.165) is 12.8 Å². The first-order valence-corrected chi connectivity index (χ1v) is 10.7. The zero-order chi connectivity index (χ0) is 18.2. The van der Waals surface area contributed by atoms with E-state index < -0.39 is 5.97 Å². The summed E-state index contributed by atoms with van der Waals surface area (Å²) in [7, 11) is 0. The Morgan fingerprint density at radius 1 is 1.40 bits per heavy atom. The second-order valence-corrected chi connectivity index (χ2v) is 7.86. The van der Waals surface area contributed by atoms with Crippen LogP contribution in [0.4, 0.5) is 0 Å². The van der Waals surface area contributed by atoms with Crippen LogP contribution in [0, 0.1) is 16.1 Å². The largest absolute Gasteiger partial charge is 0.462 e. The van der Waals surface area contributed by atoms with Crippen molar-refractivity contribution in [1.82, 2.24) is 19.8 Å². The molecule has 1 saturated carbocycles. The van der Waals surface area contributed by atoms with Crippen LogP contribution >= 0.6 is 35.7 Å². The monoisotopic (exact) mass is 399 g/mol. The van der Waals surface area contributed by atoms with Gasteiger partial charge in [0, 0.05) is 0 Å². The zero-order valence-corrected chi connectivity index (χ0v) is 16.8. The highest BCUT2D eigenvalue weighted by Gasteiger charge is 2.20. The number of esters is 1. The van der Waals surface area contributed by atoms with Crippen molar-refractivity contribution in [3.8, 4) is 6.07 Å². The van der Waals surface area contributed by atoms with Gasteiger partial charge in [-0.1, -0.05) is 31.0 Å². The second kappa shape index (κ2) is 9.99. The molecule has 0 N–H and O–H groups in total. The lowest BCUT2D eigenvalue weighted by Gasteiger charge is -2.20. The standard InChI is InChI=1S/C15H21N5O2S3/c1-3-22-13(21)12(9-16)14(24-2)25-10-19-15(23)20(18-17-19)11-7-5-4-6-8-11/h11H,3-8,10H2,1-2H3/b14-12+. The normalized spacial score (nSPS) is 16.2. The third-order valence-corrected chi connectivity index (χ3v) is 6.55. The highest BCUT2D eigenvalue weighted by molar-refractivity contribution is 8.21. The summed E-state index contributed by atoms with van der Waals surface area (Å²) in [5, 5.41) is 17.6. The quantitative estimate of drug-likeness (QED) is 0.297. The summed E-state index contributed by atoms with van der Waals surface area (Å²) in [5.41, 5.74) is 0.0190. The lowest BCUT2D eigenvalue weighted by Crippen LogP contribution is -2.14. The van der Waals surface area contributed by atoms with Crippen LogP contribution in [-0.4, -0.2) is 38.6 Å². The topological polar surface area (TPSA) is 85.7 Å². The van der Waals surface area contributed by atoms with Gasteiger partial charge >= 0.3 is 5.97 Å². The van der Waals surface area contributed by atoms with Crippen molar-refractivity contribution in [3.63, 3.8) is 0 Å². The number of nitrogens with zero attached hydrogens (tertiary/aromatic N) is 5. The Morgan fingerprint density at radius 3 is 2.72 bits per heavy atom. The van der Waals surface area contributed by atoms with Crippen molar-refractivity contribution >= 4 is 41.7 Å². The summed E-state index contributed by atoms with van der Waals surface area (Å²) < 4.78 is 9.56. The molecule has 7 nitrogen and oxygen atoms in total. The molecule has 1 aliphatic carbocycles. The molecule has 0 aromatic carbocycles. The first kappa shape index (κ1) is 20.0. The number of hydrogen-bond donors (Lipinski definition) is 0. The summed E-state index contributed by atoms with van der Waals surface area (Å²) in [6.07, 6.45) is 7.63. The van der Waals surface area contributed by atoms with Crippen molar-refractivity contribution < 1.29 is 9.53 Å². The van der Waals surface area contributed by atoms with Gasteiger partial charge in [0.1, 0.15) is 6.07 Å². The van der Waals surface area contributed by atoms with Crippen LogP contribution in [-0.2, 0) is 15.4 Å². The van der Waals surface area contributed by atoms with Crippen LogP contribution in [0.3, 0.4) is 0 Å². The number of carbonyl (C=O) groups is 1. The number of thioether (sulfide) groups is 2. The maximum Gasteiger partial charge on any atom is 0.350 e. The van der Waals surface area contributed by atoms with E-state index >= 15 is 0 Å². The van der Waals surface area contributed by atoms with E-state index in [1.54, 1.807) is 11.6 Å². The van der Waals surface area contributed by atoms with Crippen LogP contribution in [0.5, 0.6) is 0 Å². The van der Waals surface area contributed by atoms with Gasteiger partial charge in [-0.05, 0) is 48.7 Å². The zero-order valence-electron chi connectivity index (χ0n) is 14.3. The minimum atomic E-state index is -0.601. The molecule has 1 aromatic heterocycles. The van der Waals surface area contributed by atoms with E-state index in [4.69, 9.17) is 17.0 Å². The van der Waals surface area contributed by atoms with Crippen LogP contribution in [0.15, 0.2) is 9.81 Å². The highest BCUT2D eigenvalue weighted by Crippen LogP contribution is 2.32. The van der Waals surface area contributed by atoms with Crippen molar-refractivity contribution in [2.75, 3.05) is 12.9 Å². The lowest BCUT2D eigenvalue weighted by atomic mass is 9.96. The number of carbonyl (C=O) groups excluding carboxylic acids is 1. The van der Waals surface area contributed by atoms with Gasteiger partial charge in [-0.15, -0.1) is 11.8 Å². The van der Waals surface area contributed by atoms with Crippen molar-refractivity contribution in [2.24, 2.45) is 0 Å². The summed E-state index contributed by atoms with van der Waals surface area (Å²) >= 11 is 8.16. The van der Waals surface area contributed by atoms with Gasteiger partial charge < -0.3 is 4.74 Å². The molecule has 1 aliphatic rings. The first-order valence-electron chi connectivity index (χ1n) is 8.13. The predicted octanol–water partition coefficient (Wildman–Crippen LogP) is 3.67. The van der Waals surface area contributed by atoms with Crippen molar-refractivity contribution in [2.45, 2.75) is 50.9 Å². The predicted molar refractivity (Wildman–Crippen MR) is 101 cm³/mol. The van der Waals surface area contributed by atoms with E-state index in [0.29, 0.717) is 20.9 Å². The molecule has 25 heavy (non-hydrogen) atoms. The van der Waals surface area contributed by atoms with Crippen LogP contribution in [0.2, 0.25) is 0 Å². The second-order valence-electron chi connectivity index (χ2n) is 5.47. The molecular weight excluding hydrogens is 378 g/mol. The number of hydrogen-bond acceptors (Lipinski definition) is 8. The Morgan fingerprint density at radius 2 is 2.12 bits per heavy atom. The molecule has 2 rings (SSSR count). The molecule has 0 radical (unpaired) electrons. The Balaban J connectivity index is 2.11. The molecule has 0 bridgehead atoms. The minimum Gasteiger partial charge on any atom is -0.462 e. The van der Waals surface area contributed by atoms with E-state index in [1.165, 1.54) is 42.8 Å². The van der Waals surface area contributed by atoms with E-state index in [9.17, 15) is 10.1 Å². The average molecular weight is 400 g/mol. The number of nitriles is 1. The molecule has 0 spiro atoms. The van der Waals surface area contributed by atoms with Crippen LogP contribution < -0.4 is 0 Å². The third kappa shape index (κ3) is 5.09. The van der Waals surface area contributed by atoms with E-state index in [2.05, 4.69) is 10.4 Å². The number of rotatable bonds is 7. The van der Waals surface area contributed by atoms with Crippen molar-refractivity contribution in [3.05, 3.63) is 14.6 Å². The molecule has 0 atom stereocenters. The van der Waals surface area contributed by atoms with E-state index in [-0.39, 0.29) is 12.2 Å². The SMILES string of the molecule is CCOC(=O)/C(C#N)=C(\SC)SCn1nnn(C2CCCCC2)c1=S. The maximum absolute atomic E-state index is 11.9. The molecule has 0 amide bonds. The number of aromatic nitrogens is 4. The van der Waals surface area contributed by atoms with Crippen LogP contribution in [0.1, 0.15) is 45.1 Å². The smallest absolute Gasteiger partial charge is 0.350 e. The summed E-state index contributed by atoms with van der Waals surface area (Å²) in [6.45, 7) is 1.94. The summed E-state index contributed by atoms with van der Waals surface area (Å²) in [6, 6.07) is 2.26. The fourth-order valence-electron chi connectivity index (χ4n) is 2.65. The van der Waals surface area contributed by atoms with Gasteiger partial charge in [0.05, 0.1) is 22.8 Å². The Hall–Kier alpha value is -1.31. The van der Waals surface area contributed by atoms with Gasteiger partial charge in [0.15, 0.2) is 5.57 Å². The Kier molecular flexibility index (Phi) is 7.99.